The lowest BCUT2D eigenvalue weighted by Crippen LogP contribution is -2.54. The van der Waals surface area contributed by atoms with E-state index in [4.69, 9.17) is 27.4 Å². The zero-order valence-corrected chi connectivity index (χ0v) is 21.6. The lowest BCUT2D eigenvalue weighted by atomic mass is 10.1. The summed E-state index contributed by atoms with van der Waals surface area (Å²) in [6.45, 7) is 0. The van der Waals surface area contributed by atoms with Gasteiger partial charge in [0.25, 0.3) is 11.8 Å². The molecule has 4 rings (SSSR count). The number of carbonyl (C=O) groups excluding carboxylic acids is 4. The smallest absolute Gasteiger partial charge is 0.339 e. The first kappa shape index (κ1) is 26.9. The Morgan fingerprint density at radius 3 is 2.26 bits per heavy atom. The molecular weight excluding hydrogens is 559 g/mol. The van der Waals surface area contributed by atoms with Gasteiger partial charge in [-0.25, -0.2) is 14.5 Å². The van der Waals surface area contributed by atoms with Crippen molar-refractivity contribution in [1.82, 2.24) is 5.32 Å². The van der Waals surface area contributed by atoms with Crippen molar-refractivity contribution in [3.8, 4) is 5.75 Å². The van der Waals surface area contributed by atoms with E-state index in [-0.39, 0.29) is 37.5 Å². The molecule has 0 atom stereocenters. The Morgan fingerprint density at radius 1 is 0.974 bits per heavy atom. The van der Waals surface area contributed by atoms with Gasteiger partial charge in [-0.15, -0.1) is 0 Å². The van der Waals surface area contributed by atoms with E-state index in [0.717, 1.165) is 6.08 Å². The topological polar surface area (TPSA) is 136 Å². The first-order chi connectivity index (χ1) is 18.0. The van der Waals surface area contributed by atoms with Crippen molar-refractivity contribution in [1.29, 1.82) is 0 Å². The van der Waals surface area contributed by atoms with E-state index in [1.807, 2.05) is 5.32 Å². The summed E-state index contributed by atoms with van der Waals surface area (Å²) in [7, 11) is -3.16. The van der Waals surface area contributed by atoms with Crippen LogP contribution < -0.4 is 14.4 Å². The lowest BCUT2D eigenvalue weighted by Gasteiger charge is -2.26. The number of esters is 1. The second kappa shape index (κ2) is 10.7. The second-order valence-electron chi connectivity index (χ2n) is 7.65. The summed E-state index contributed by atoms with van der Waals surface area (Å²) in [5.41, 5.74) is -0.438. The van der Waals surface area contributed by atoms with Crippen molar-refractivity contribution < 1.29 is 36.5 Å². The molecule has 13 heteroatoms. The molecule has 1 saturated heterocycles. The van der Waals surface area contributed by atoms with E-state index in [9.17, 15) is 27.6 Å². The molecule has 1 heterocycles. The number of halogens is 2. The van der Waals surface area contributed by atoms with Crippen molar-refractivity contribution in [2.24, 2.45) is 0 Å². The van der Waals surface area contributed by atoms with E-state index in [2.05, 4.69) is 4.74 Å². The number of rotatable bonds is 6. The first-order valence-electron chi connectivity index (χ1n) is 10.6. The molecule has 0 spiro atoms. The lowest BCUT2D eigenvalue weighted by molar-refractivity contribution is -0.122. The van der Waals surface area contributed by atoms with Gasteiger partial charge >= 0.3 is 22.1 Å². The fourth-order valence-electron chi connectivity index (χ4n) is 3.43. The van der Waals surface area contributed by atoms with Crippen LogP contribution in [0.4, 0.5) is 10.5 Å². The highest BCUT2D eigenvalue weighted by molar-refractivity contribution is 7.87. The number of hydrogen-bond acceptors (Lipinski definition) is 8. The van der Waals surface area contributed by atoms with Crippen LogP contribution in [0.15, 0.2) is 77.2 Å². The Kier molecular flexibility index (Phi) is 7.53. The van der Waals surface area contributed by atoms with Crippen LogP contribution >= 0.6 is 23.2 Å². The van der Waals surface area contributed by atoms with Gasteiger partial charge in [0, 0.05) is 10.6 Å². The van der Waals surface area contributed by atoms with Crippen LogP contribution in [0, 0.1) is 0 Å². The number of carbonyl (C=O) groups is 4. The van der Waals surface area contributed by atoms with E-state index >= 15 is 0 Å². The number of nitrogens with zero attached hydrogens (tertiary/aromatic N) is 1. The number of amides is 4. The predicted octanol–water partition coefficient (Wildman–Crippen LogP) is 4.21. The number of ether oxygens (including phenoxy) is 1. The maximum Gasteiger partial charge on any atom is 0.339 e. The summed E-state index contributed by atoms with van der Waals surface area (Å²) in [4.78, 5) is 50.6. The number of urea groups is 1. The number of nitrogens with one attached hydrogen (secondary N) is 1. The quantitative estimate of drug-likeness (QED) is 0.200. The summed E-state index contributed by atoms with van der Waals surface area (Å²) >= 11 is 12.3. The van der Waals surface area contributed by atoms with Crippen molar-refractivity contribution in [2.75, 3.05) is 12.0 Å². The van der Waals surface area contributed by atoms with E-state index in [1.54, 1.807) is 6.07 Å². The fourth-order valence-corrected chi connectivity index (χ4v) is 5.02. The fraction of sp³-hybridized carbons (Fsp3) is 0.0400. The molecule has 0 saturated carbocycles. The minimum absolute atomic E-state index is 0.0470. The Bertz CT molecular complexity index is 1600. The monoisotopic (exact) mass is 574 g/mol. The minimum atomic E-state index is -4.36. The molecule has 10 nitrogen and oxygen atoms in total. The van der Waals surface area contributed by atoms with Gasteiger partial charge in [-0.05, 0) is 54.6 Å². The van der Waals surface area contributed by atoms with Crippen LogP contribution in [0.25, 0.3) is 6.08 Å². The van der Waals surface area contributed by atoms with Crippen LogP contribution in [0.1, 0.15) is 15.9 Å². The summed E-state index contributed by atoms with van der Waals surface area (Å²) in [6, 6.07) is 14.0. The number of methoxy groups -OCH3 is 1. The molecular formula is C25H16Cl2N2O8S. The standard InChI is InChI=1S/C25H16Cl2N2O8S/c1-36-24(32)14-7-9-17(10-8-14)29-23(31)19(22(30)28-25(29)33)12-15-11-16(26)13-20(27)21(15)37-38(34,35)18-5-3-2-4-6-18/h2-13H,1H3,(H,28,30,33)/b19-12+. The molecule has 3 aromatic carbocycles. The Morgan fingerprint density at radius 2 is 1.63 bits per heavy atom. The Labute approximate surface area is 226 Å². The summed E-state index contributed by atoms with van der Waals surface area (Å²) in [5.74, 6) is -3.09. The van der Waals surface area contributed by atoms with Crippen molar-refractivity contribution in [3.05, 3.63) is 93.5 Å². The zero-order valence-electron chi connectivity index (χ0n) is 19.3. The molecule has 0 radical (unpaired) electrons. The first-order valence-corrected chi connectivity index (χ1v) is 12.8. The van der Waals surface area contributed by atoms with E-state index in [1.165, 1.54) is 67.8 Å². The molecule has 1 aliphatic heterocycles. The molecule has 194 valence electrons. The van der Waals surface area contributed by atoms with Crippen LogP contribution in [-0.2, 0) is 24.4 Å². The number of barbiturate groups is 1. The van der Waals surface area contributed by atoms with Crippen LogP contribution in [0.5, 0.6) is 5.75 Å². The van der Waals surface area contributed by atoms with Gasteiger partial charge in [0.05, 0.1) is 23.4 Å². The van der Waals surface area contributed by atoms with Crippen LogP contribution in [0.2, 0.25) is 10.0 Å². The zero-order chi connectivity index (χ0) is 27.6. The molecule has 3 aromatic rings. The molecule has 38 heavy (non-hydrogen) atoms. The number of anilines is 1. The third-order valence-corrected chi connectivity index (χ3v) is 6.94. The van der Waals surface area contributed by atoms with E-state index < -0.39 is 39.5 Å². The van der Waals surface area contributed by atoms with Gasteiger partial charge in [0.1, 0.15) is 10.5 Å². The van der Waals surface area contributed by atoms with Crippen molar-refractivity contribution >= 4 is 68.9 Å². The number of imide groups is 2. The molecule has 0 bridgehead atoms. The average molecular weight is 575 g/mol. The van der Waals surface area contributed by atoms with Crippen LogP contribution in [-0.4, -0.2) is 39.3 Å². The highest BCUT2D eigenvalue weighted by Gasteiger charge is 2.37. The predicted molar refractivity (Wildman–Crippen MR) is 138 cm³/mol. The van der Waals surface area contributed by atoms with Gasteiger partial charge in [-0.1, -0.05) is 41.4 Å². The third-order valence-electron chi connectivity index (χ3n) is 5.21. The normalized spacial score (nSPS) is 14.9. The largest absolute Gasteiger partial charge is 0.465 e. The maximum absolute atomic E-state index is 13.3. The number of hydrogen-bond donors (Lipinski definition) is 1. The average Bonchev–Trinajstić information content (AvgIpc) is 2.88. The van der Waals surface area contributed by atoms with Gasteiger partial charge in [-0.3, -0.25) is 14.9 Å². The highest BCUT2D eigenvalue weighted by atomic mass is 35.5. The molecule has 1 fully saturated rings. The van der Waals surface area contributed by atoms with Crippen molar-refractivity contribution in [2.45, 2.75) is 4.90 Å². The molecule has 0 unspecified atom stereocenters. The minimum Gasteiger partial charge on any atom is -0.465 e. The van der Waals surface area contributed by atoms with Gasteiger partial charge in [0.15, 0.2) is 5.75 Å². The third kappa shape index (κ3) is 5.40. The second-order valence-corrected chi connectivity index (χ2v) is 10.0. The SMILES string of the molecule is COC(=O)c1ccc(N2C(=O)NC(=O)/C(=C\c3cc(Cl)cc(Cl)c3OS(=O)(=O)c3ccccc3)C2=O)cc1. The molecule has 0 aliphatic carbocycles. The van der Waals surface area contributed by atoms with E-state index in [0.29, 0.717) is 4.90 Å². The van der Waals surface area contributed by atoms with Gasteiger partial charge in [0.2, 0.25) is 0 Å². The maximum atomic E-state index is 13.3. The Hall–Kier alpha value is -4.19. The van der Waals surface area contributed by atoms with Gasteiger partial charge < -0.3 is 8.92 Å². The van der Waals surface area contributed by atoms with Gasteiger partial charge in [-0.2, -0.15) is 8.42 Å². The highest BCUT2D eigenvalue weighted by Crippen LogP contribution is 2.36. The van der Waals surface area contributed by atoms with Crippen molar-refractivity contribution in [3.63, 3.8) is 0 Å². The molecule has 0 aromatic heterocycles. The molecule has 1 N–H and O–H groups in total. The number of benzene rings is 3. The summed E-state index contributed by atoms with van der Waals surface area (Å²) in [6.07, 6.45) is 1.01. The summed E-state index contributed by atoms with van der Waals surface area (Å²) in [5, 5.41) is 1.89. The Balaban J connectivity index is 1.76. The summed E-state index contributed by atoms with van der Waals surface area (Å²) < 4.78 is 35.5. The molecule has 4 amide bonds. The van der Waals surface area contributed by atoms with Crippen LogP contribution in [0.3, 0.4) is 0 Å². The molecule has 1 aliphatic rings.